The van der Waals surface area contributed by atoms with Gasteiger partial charge in [-0.3, -0.25) is 5.41 Å². The van der Waals surface area contributed by atoms with E-state index in [9.17, 15) is 0 Å². The highest BCUT2D eigenvalue weighted by molar-refractivity contribution is 9.10. The van der Waals surface area contributed by atoms with Gasteiger partial charge in [-0.05, 0) is 48.0 Å². The highest BCUT2D eigenvalue weighted by Gasteiger charge is 2.10. The predicted octanol–water partition coefficient (Wildman–Crippen LogP) is 2.61. The lowest BCUT2D eigenvalue weighted by Gasteiger charge is -2.25. The number of nitrogen functional groups attached to an aromatic ring is 1. The van der Waals surface area contributed by atoms with Crippen molar-refractivity contribution in [2.75, 3.05) is 44.4 Å². The van der Waals surface area contributed by atoms with E-state index in [4.69, 9.17) is 20.6 Å². The second-order valence-electron chi connectivity index (χ2n) is 4.46. The molecule has 6 heteroatoms. The molecular weight excluding hydrogens is 334 g/mol. The molecule has 0 bridgehead atoms. The summed E-state index contributed by atoms with van der Waals surface area (Å²) in [7, 11) is 0. The molecule has 0 aliphatic heterocycles. The first-order valence-corrected chi connectivity index (χ1v) is 7.93. The van der Waals surface area contributed by atoms with Crippen LogP contribution in [0.15, 0.2) is 22.7 Å². The molecule has 0 saturated heterocycles. The average molecular weight is 358 g/mol. The molecule has 0 heterocycles. The Bertz CT molecular complexity index is 445. The SMILES string of the molecule is CCOCCN(CCOCC)c1ccc(C(=N)N)c(Br)c1. The molecule has 0 spiro atoms. The van der Waals surface area contributed by atoms with Gasteiger partial charge in [-0.25, -0.2) is 0 Å². The number of hydrogen-bond donors (Lipinski definition) is 2. The summed E-state index contributed by atoms with van der Waals surface area (Å²) < 4.78 is 11.7. The molecular formula is C15H24BrN3O2. The highest BCUT2D eigenvalue weighted by atomic mass is 79.9. The van der Waals surface area contributed by atoms with Crippen molar-refractivity contribution in [3.8, 4) is 0 Å². The third kappa shape index (κ3) is 6.03. The van der Waals surface area contributed by atoms with Crippen LogP contribution in [0.2, 0.25) is 0 Å². The molecule has 0 fully saturated rings. The van der Waals surface area contributed by atoms with Crippen molar-refractivity contribution in [2.45, 2.75) is 13.8 Å². The maximum Gasteiger partial charge on any atom is 0.123 e. The summed E-state index contributed by atoms with van der Waals surface area (Å²) >= 11 is 3.47. The van der Waals surface area contributed by atoms with Crippen LogP contribution in [0.25, 0.3) is 0 Å². The van der Waals surface area contributed by atoms with E-state index < -0.39 is 0 Å². The molecule has 0 aliphatic carbocycles. The molecule has 0 saturated carbocycles. The molecule has 0 radical (unpaired) electrons. The lowest BCUT2D eigenvalue weighted by molar-refractivity contribution is 0.141. The fourth-order valence-corrected chi connectivity index (χ4v) is 2.51. The molecule has 1 rings (SSSR count). The number of nitrogens with zero attached hydrogens (tertiary/aromatic N) is 1. The number of amidine groups is 1. The molecule has 1 aromatic carbocycles. The molecule has 3 N–H and O–H groups in total. The van der Waals surface area contributed by atoms with Crippen LogP contribution < -0.4 is 10.6 Å². The van der Waals surface area contributed by atoms with Crippen molar-refractivity contribution < 1.29 is 9.47 Å². The topological polar surface area (TPSA) is 71.6 Å². The average Bonchev–Trinajstić information content (AvgIpc) is 2.45. The summed E-state index contributed by atoms with van der Waals surface area (Å²) in [4.78, 5) is 2.21. The first-order chi connectivity index (χ1) is 10.1. The van der Waals surface area contributed by atoms with Crippen molar-refractivity contribution in [1.82, 2.24) is 0 Å². The Hall–Kier alpha value is -1.11. The molecule has 118 valence electrons. The maximum absolute atomic E-state index is 7.52. The third-order valence-electron chi connectivity index (χ3n) is 3.03. The van der Waals surface area contributed by atoms with Gasteiger partial charge in [0.2, 0.25) is 0 Å². The van der Waals surface area contributed by atoms with Gasteiger partial charge in [0.05, 0.1) is 13.2 Å². The Kier molecular flexibility index (Phi) is 8.34. The van der Waals surface area contributed by atoms with Crippen LogP contribution in [0, 0.1) is 5.41 Å². The lowest BCUT2D eigenvalue weighted by atomic mass is 10.2. The van der Waals surface area contributed by atoms with Crippen molar-refractivity contribution >= 4 is 27.5 Å². The molecule has 0 aromatic heterocycles. The van der Waals surface area contributed by atoms with Gasteiger partial charge >= 0.3 is 0 Å². The van der Waals surface area contributed by atoms with Gasteiger partial charge in [0, 0.05) is 42.0 Å². The van der Waals surface area contributed by atoms with Gasteiger partial charge in [-0.2, -0.15) is 0 Å². The summed E-state index contributed by atoms with van der Waals surface area (Å²) in [5.74, 6) is 0.0589. The first kappa shape index (κ1) is 17.9. The van der Waals surface area contributed by atoms with Crippen molar-refractivity contribution in [2.24, 2.45) is 5.73 Å². The number of hydrogen-bond acceptors (Lipinski definition) is 4. The summed E-state index contributed by atoms with van der Waals surface area (Å²) in [5, 5.41) is 7.52. The van der Waals surface area contributed by atoms with Crippen LogP contribution in [0.1, 0.15) is 19.4 Å². The molecule has 0 atom stereocenters. The second kappa shape index (κ2) is 9.76. The van der Waals surface area contributed by atoms with E-state index in [2.05, 4.69) is 20.8 Å². The molecule has 0 unspecified atom stereocenters. The van der Waals surface area contributed by atoms with Crippen LogP contribution in [0.4, 0.5) is 5.69 Å². The highest BCUT2D eigenvalue weighted by Crippen LogP contribution is 2.24. The Morgan fingerprint density at radius 3 is 2.19 bits per heavy atom. The van der Waals surface area contributed by atoms with Crippen molar-refractivity contribution in [1.29, 1.82) is 5.41 Å². The Morgan fingerprint density at radius 1 is 1.19 bits per heavy atom. The van der Waals surface area contributed by atoms with Crippen molar-refractivity contribution in [3.05, 3.63) is 28.2 Å². The predicted molar refractivity (Wildman–Crippen MR) is 90.4 cm³/mol. The van der Waals surface area contributed by atoms with E-state index >= 15 is 0 Å². The number of ether oxygens (including phenoxy) is 2. The number of benzene rings is 1. The quantitative estimate of drug-likeness (QED) is 0.383. The number of nitrogens with two attached hydrogens (primary N) is 1. The number of nitrogens with one attached hydrogen (secondary N) is 1. The largest absolute Gasteiger partial charge is 0.384 e. The Balaban J connectivity index is 2.80. The number of anilines is 1. The van der Waals surface area contributed by atoms with E-state index in [0.717, 1.165) is 23.2 Å². The molecule has 0 aliphatic rings. The van der Waals surface area contributed by atoms with Gasteiger partial charge in [-0.1, -0.05) is 0 Å². The number of rotatable bonds is 10. The van der Waals surface area contributed by atoms with Crippen LogP contribution in [0.3, 0.4) is 0 Å². The molecule has 0 amide bonds. The van der Waals surface area contributed by atoms with Gasteiger partial charge < -0.3 is 20.1 Å². The molecule has 21 heavy (non-hydrogen) atoms. The molecule has 1 aromatic rings. The second-order valence-corrected chi connectivity index (χ2v) is 5.31. The molecule has 5 nitrogen and oxygen atoms in total. The summed E-state index contributed by atoms with van der Waals surface area (Å²) in [5.41, 5.74) is 7.30. The van der Waals surface area contributed by atoms with Gasteiger partial charge in [0.25, 0.3) is 0 Å². The Morgan fingerprint density at radius 2 is 1.76 bits per heavy atom. The Labute approximate surface area is 135 Å². The minimum Gasteiger partial charge on any atom is -0.384 e. The standard InChI is InChI=1S/C15H24BrN3O2/c1-3-20-9-7-19(8-10-21-4-2)12-5-6-13(15(17)18)14(16)11-12/h5-6,11H,3-4,7-10H2,1-2H3,(H3,17,18). The minimum absolute atomic E-state index is 0.0589. The summed E-state index contributed by atoms with van der Waals surface area (Å²) in [6.07, 6.45) is 0. The number of halogens is 1. The monoisotopic (exact) mass is 357 g/mol. The zero-order valence-electron chi connectivity index (χ0n) is 12.7. The summed E-state index contributed by atoms with van der Waals surface area (Å²) in [6.45, 7) is 8.35. The maximum atomic E-state index is 7.52. The van der Waals surface area contributed by atoms with E-state index in [-0.39, 0.29) is 5.84 Å². The van der Waals surface area contributed by atoms with Gasteiger partial charge in [-0.15, -0.1) is 0 Å². The zero-order chi connectivity index (χ0) is 15.7. The van der Waals surface area contributed by atoms with Gasteiger partial charge in [0.15, 0.2) is 0 Å². The summed E-state index contributed by atoms with van der Waals surface area (Å²) in [6, 6.07) is 5.81. The lowest BCUT2D eigenvalue weighted by Crippen LogP contribution is -2.31. The van der Waals surface area contributed by atoms with E-state index in [1.54, 1.807) is 0 Å². The minimum atomic E-state index is 0.0589. The van der Waals surface area contributed by atoms with Crippen LogP contribution in [-0.4, -0.2) is 45.4 Å². The van der Waals surface area contributed by atoms with Gasteiger partial charge in [0.1, 0.15) is 5.84 Å². The normalized spacial score (nSPS) is 10.6. The van der Waals surface area contributed by atoms with E-state index in [1.807, 2.05) is 32.0 Å². The fraction of sp³-hybridized carbons (Fsp3) is 0.533. The van der Waals surface area contributed by atoms with E-state index in [1.165, 1.54) is 0 Å². The van der Waals surface area contributed by atoms with Crippen LogP contribution in [0.5, 0.6) is 0 Å². The fourth-order valence-electron chi connectivity index (χ4n) is 1.93. The first-order valence-electron chi connectivity index (χ1n) is 7.14. The van der Waals surface area contributed by atoms with Crippen molar-refractivity contribution in [3.63, 3.8) is 0 Å². The smallest absolute Gasteiger partial charge is 0.123 e. The van der Waals surface area contributed by atoms with Crippen LogP contribution in [-0.2, 0) is 9.47 Å². The third-order valence-corrected chi connectivity index (χ3v) is 3.68. The van der Waals surface area contributed by atoms with E-state index in [0.29, 0.717) is 32.0 Å². The zero-order valence-corrected chi connectivity index (χ0v) is 14.3. The van der Waals surface area contributed by atoms with Crippen LogP contribution >= 0.6 is 15.9 Å².